The van der Waals surface area contributed by atoms with Crippen molar-refractivity contribution in [3.8, 4) is 0 Å². The molecule has 88 valence electrons. The number of carbonyl (C=O) groups is 1. The largest absolute Gasteiger partial charge is 0.353 e. The van der Waals surface area contributed by atoms with E-state index in [1.165, 1.54) is 0 Å². The molecule has 0 radical (unpaired) electrons. The van der Waals surface area contributed by atoms with Crippen LogP contribution < -0.4 is 5.32 Å². The summed E-state index contributed by atoms with van der Waals surface area (Å²) in [5.41, 5.74) is 0.984. The molecule has 1 atom stereocenters. The Morgan fingerprint density at radius 1 is 1.25 bits per heavy atom. The molecule has 0 unspecified atom stereocenters. The van der Waals surface area contributed by atoms with Gasteiger partial charge in [0.1, 0.15) is 0 Å². The normalized spacial score (nSPS) is 12.6. The van der Waals surface area contributed by atoms with E-state index in [-0.39, 0.29) is 11.9 Å². The van der Waals surface area contributed by atoms with Crippen molar-refractivity contribution in [3.63, 3.8) is 0 Å². The van der Waals surface area contributed by atoms with Crippen molar-refractivity contribution in [2.24, 2.45) is 5.92 Å². The monoisotopic (exact) mass is 239 g/mol. The Hall–Kier alpha value is -1.02. The van der Waals surface area contributed by atoms with Crippen LogP contribution in [0.2, 0.25) is 5.02 Å². The molecule has 2 nitrogen and oxygen atoms in total. The average Bonchev–Trinajstić information content (AvgIpc) is 2.21. The number of rotatable bonds is 4. The summed E-state index contributed by atoms with van der Waals surface area (Å²) < 4.78 is 0. The number of halogens is 1. The minimum Gasteiger partial charge on any atom is -0.353 e. The highest BCUT2D eigenvalue weighted by Crippen LogP contribution is 2.10. The third-order valence-corrected chi connectivity index (χ3v) is 2.92. The van der Waals surface area contributed by atoms with E-state index in [1.807, 2.05) is 19.1 Å². The predicted molar refractivity (Wildman–Crippen MR) is 67.6 cm³/mol. The van der Waals surface area contributed by atoms with Gasteiger partial charge in [-0.05, 0) is 30.5 Å². The van der Waals surface area contributed by atoms with Crippen LogP contribution in [0, 0.1) is 5.92 Å². The highest BCUT2D eigenvalue weighted by molar-refractivity contribution is 6.30. The summed E-state index contributed by atoms with van der Waals surface area (Å²) in [5, 5.41) is 3.66. The lowest BCUT2D eigenvalue weighted by Gasteiger charge is -2.17. The molecule has 0 saturated heterocycles. The van der Waals surface area contributed by atoms with Gasteiger partial charge in [0, 0.05) is 11.1 Å². The minimum absolute atomic E-state index is 0.0588. The van der Waals surface area contributed by atoms with E-state index in [1.54, 1.807) is 12.1 Å². The third kappa shape index (κ3) is 4.23. The van der Waals surface area contributed by atoms with Crippen molar-refractivity contribution in [2.45, 2.75) is 33.2 Å². The number of amides is 1. The van der Waals surface area contributed by atoms with Gasteiger partial charge in [0.15, 0.2) is 0 Å². The minimum atomic E-state index is 0.0588. The molecule has 1 rings (SSSR count). The van der Waals surface area contributed by atoms with E-state index in [9.17, 15) is 4.79 Å². The number of benzene rings is 1. The fourth-order valence-corrected chi connectivity index (χ4v) is 1.39. The van der Waals surface area contributed by atoms with Gasteiger partial charge >= 0.3 is 0 Å². The first-order chi connectivity index (χ1) is 7.49. The Balaban J connectivity index is 2.48. The first-order valence-corrected chi connectivity index (χ1v) is 5.90. The SMILES string of the molecule is CC(C)[C@H](C)NC(=O)Cc1ccc(Cl)cc1. The van der Waals surface area contributed by atoms with Gasteiger partial charge in [-0.25, -0.2) is 0 Å². The molecule has 0 fully saturated rings. The lowest BCUT2D eigenvalue weighted by molar-refractivity contribution is -0.121. The van der Waals surface area contributed by atoms with Crippen molar-refractivity contribution in [1.82, 2.24) is 5.32 Å². The van der Waals surface area contributed by atoms with Crippen molar-refractivity contribution < 1.29 is 4.79 Å². The van der Waals surface area contributed by atoms with E-state index >= 15 is 0 Å². The Kier molecular flexibility index (Phi) is 4.81. The van der Waals surface area contributed by atoms with Crippen LogP contribution in [0.25, 0.3) is 0 Å². The lowest BCUT2D eigenvalue weighted by atomic mass is 10.1. The van der Waals surface area contributed by atoms with Crippen LogP contribution in [-0.4, -0.2) is 11.9 Å². The van der Waals surface area contributed by atoms with Crippen molar-refractivity contribution in [3.05, 3.63) is 34.9 Å². The lowest BCUT2D eigenvalue weighted by Crippen LogP contribution is -2.37. The Morgan fingerprint density at radius 3 is 2.31 bits per heavy atom. The third-order valence-electron chi connectivity index (χ3n) is 2.67. The maximum Gasteiger partial charge on any atom is 0.224 e. The van der Waals surface area contributed by atoms with Gasteiger partial charge in [-0.3, -0.25) is 4.79 Å². The summed E-state index contributed by atoms with van der Waals surface area (Å²) in [7, 11) is 0. The van der Waals surface area contributed by atoms with Gasteiger partial charge in [0.05, 0.1) is 6.42 Å². The van der Waals surface area contributed by atoms with Crippen LogP contribution in [0.5, 0.6) is 0 Å². The zero-order chi connectivity index (χ0) is 12.1. The Labute approximate surface area is 102 Å². The molecule has 3 heteroatoms. The zero-order valence-corrected chi connectivity index (χ0v) is 10.7. The van der Waals surface area contributed by atoms with E-state index in [0.717, 1.165) is 5.56 Å². The van der Waals surface area contributed by atoms with E-state index < -0.39 is 0 Å². The van der Waals surface area contributed by atoms with Crippen LogP contribution >= 0.6 is 11.6 Å². The van der Waals surface area contributed by atoms with Crippen LogP contribution in [0.15, 0.2) is 24.3 Å². The molecule has 1 amide bonds. The molecule has 0 aliphatic heterocycles. The van der Waals surface area contributed by atoms with Crippen molar-refractivity contribution in [2.75, 3.05) is 0 Å². The van der Waals surface area contributed by atoms with Crippen LogP contribution in [-0.2, 0) is 11.2 Å². The summed E-state index contributed by atoms with van der Waals surface area (Å²) in [6, 6.07) is 7.57. The summed E-state index contributed by atoms with van der Waals surface area (Å²) in [6.07, 6.45) is 0.411. The molecule has 1 N–H and O–H groups in total. The number of nitrogens with one attached hydrogen (secondary N) is 1. The molecule has 0 saturated carbocycles. The zero-order valence-electron chi connectivity index (χ0n) is 9.96. The van der Waals surface area contributed by atoms with Gasteiger partial charge in [-0.2, -0.15) is 0 Å². The number of carbonyl (C=O) groups excluding carboxylic acids is 1. The first-order valence-electron chi connectivity index (χ1n) is 5.53. The molecule has 0 heterocycles. The van der Waals surface area contributed by atoms with Crippen LogP contribution in [0.1, 0.15) is 26.3 Å². The van der Waals surface area contributed by atoms with Gasteiger partial charge in [-0.1, -0.05) is 37.6 Å². The molecular weight excluding hydrogens is 222 g/mol. The molecule has 0 aromatic heterocycles. The second-order valence-electron chi connectivity index (χ2n) is 4.40. The fourth-order valence-electron chi connectivity index (χ4n) is 1.26. The van der Waals surface area contributed by atoms with Gasteiger partial charge in [-0.15, -0.1) is 0 Å². The maximum atomic E-state index is 11.7. The fraction of sp³-hybridized carbons (Fsp3) is 0.462. The summed E-state index contributed by atoms with van der Waals surface area (Å²) in [4.78, 5) is 11.7. The standard InChI is InChI=1S/C13H18ClNO/c1-9(2)10(3)15-13(16)8-11-4-6-12(14)7-5-11/h4-7,9-10H,8H2,1-3H3,(H,15,16)/t10-/m0/s1. The first kappa shape index (κ1) is 13.0. The van der Waals surface area contributed by atoms with E-state index in [0.29, 0.717) is 17.4 Å². The predicted octanol–water partition coefficient (Wildman–Crippen LogP) is 3.04. The highest BCUT2D eigenvalue weighted by atomic mass is 35.5. The van der Waals surface area contributed by atoms with Gasteiger partial charge < -0.3 is 5.32 Å². The molecule has 16 heavy (non-hydrogen) atoms. The quantitative estimate of drug-likeness (QED) is 0.860. The number of hydrogen-bond donors (Lipinski definition) is 1. The topological polar surface area (TPSA) is 29.1 Å². The average molecular weight is 240 g/mol. The van der Waals surface area contributed by atoms with E-state index in [4.69, 9.17) is 11.6 Å². The van der Waals surface area contributed by atoms with Crippen molar-refractivity contribution in [1.29, 1.82) is 0 Å². The summed E-state index contributed by atoms with van der Waals surface area (Å²) in [6.45, 7) is 6.20. The maximum absolute atomic E-state index is 11.7. The van der Waals surface area contributed by atoms with Gasteiger partial charge in [0.2, 0.25) is 5.91 Å². The molecule has 0 aliphatic rings. The molecule has 1 aromatic carbocycles. The second kappa shape index (κ2) is 5.90. The molecule has 0 spiro atoms. The van der Waals surface area contributed by atoms with Gasteiger partial charge in [0.25, 0.3) is 0 Å². The smallest absolute Gasteiger partial charge is 0.224 e. The number of hydrogen-bond acceptors (Lipinski definition) is 1. The van der Waals surface area contributed by atoms with Crippen molar-refractivity contribution >= 4 is 17.5 Å². The van der Waals surface area contributed by atoms with Crippen LogP contribution in [0.4, 0.5) is 0 Å². The molecule has 0 aliphatic carbocycles. The highest BCUT2D eigenvalue weighted by Gasteiger charge is 2.10. The summed E-state index contributed by atoms with van der Waals surface area (Å²) >= 11 is 5.77. The molecule has 1 aromatic rings. The molecular formula is C13H18ClNO. The summed E-state index contributed by atoms with van der Waals surface area (Å²) in [5.74, 6) is 0.512. The molecule has 0 bridgehead atoms. The van der Waals surface area contributed by atoms with Crippen LogP contribution in [0.3, 0.4) is 0 Å². The second-order valence-corrected chi connectivity index (χ2v) is 4.84. The van der Waals surface area contributed by atoms with E-state index in [2.05, 4.69) is 19.2 Å². The Bertz CT molecular complexity index is 345. The Morgan fingerprint density at radius 2 is 1.81 bits per heavy atom.